The third kappa shape index (κ3) is 51.7. The molecular weight excluding hydrogens is 1830 g/mol. The average molecular weight is 2000 g/mol. The number of para-hydroxylation sites is 2. The van der Waals surface area contributed by atoms with Crippen LogP contribution in [0.25, 0.3) is 0 Å². The van der Waals surface area contributed by atoms with Gasteiger partial charge in [0.1, 0.15) is 38.1 Å². The molecule has 0 aliphatic carbocycles. The van der Waals surface area contributed by atoms with Crippen LogP contribution in [0.5, 0.6) is 11.5 Å². The predicted molar refractivity (Wildman–Crippen MR) is 562 cm³/mol. The number of nitro groups is 6. The molecule has 0 aliphatic rings. The smallest absolute Gasteiger partial charge is 0.311 e. The van der Waals surface area contributed by atoms with Gasteiger partial charge in [0, 0.05) is 41.7 Å². The summed E-state index contributed by atoms with van der Waals surface area (Å²) in [6, 6.07) is 29.3. The molecule has 33 nitrogen and oxygen atoms in total. The normalized spacial score (nSPS) is 11.7. The van der Waals surface area contributed by atoms with Gasteiger partial charge in [0.25, 0.3) is 34.1 Å². The summed E-state index contributed by atoms with van der Waals surface area (Å²) in [4.78, 5) is 136. The van der Waals surface area contributed by atoms with Crippen LogP contribution >= 0.6 is 0 Å². The first-order valence-corrected chi connectivity index (χ1v) is 48.4. The van der Waals surface area contributed by atoms with Crippen molar-refractivity contribution >= 4 is 69.9 Å². The Morgan fingerprint density at radius 1 is 0.345 bits per heavy atom. The number of nitrogens with zero attached hydrogens (tertiary/aromatic N) is 6. The summed E-state index contributed by atoms with van der Waals surface area (Å²) < 4.78 is 48.5. The number of carbonyl (C=O) groups is 6. The Bertz CT molecular complexity index is 4980. The zero-order valence-corrected chi connectivity index (χ0v) is 94.4. The quantitative estimate of drug-likeness (QED) is 0.0160. The molecule has 0 N–H and O–H groups in total. The molecule has 0 fully saturated rings. The first-order valence-electron chi connectivity index (χ1n) is 48.4. The van der Waals surface area contributed by atoms with Gasteiger partial charge in [-0.3, -0.25) is 89.5 Å². The number of methoxy groups -OCH3 is 1. The maximum Gasteiger partial charge on any atom is 0.311 e. The summed E-state index contributed by atoms with van der Waals surface area (Å²) in [6.45, 7) is 84.2. The highest BCUT2D eigenvalue weighted by molar-refractivity contribution is 5.78. The summed E-state index contributed by atoms with van der Waals surface area (Å²) in [5.41, 5.74) is 0.523. The third-order valence-corrected chi connectivity index (χ3v) is 18.8. The van der Waals surface area contributed by atoms with E-state index in [1.807, 2.05) is 192 Å². The zero-order valence-electron chi connectivity index (χ0n) is 94.4. The average Bonchev–Trinajstić information content (AvgIpc) is 0.801. The van der Waals surface area contributed by atoms with Crippen molar-refractivity contribution in [2.45, 2.75) is 397 Å². The second-order valence-corrected chi connectivity index (χ2v) is 42.5. The number of nitro benzene ring substituents is 6. The van der Waals surface area contributed by atoms with Crippen LogP contribution in [0, 0.1) is 93.2 Å². The second kappa shape index (κ2) is 62.5. The van der Waals surface area contributed by atoms with Crippen molar-refractivity contribution in [1.29, 1.82) is 0 Å². The second-order valence-electron chi connectivity index (χ2n) is 42.5. The Hall–Kier alpha value is -11.9. The molecule has 0 heterocycles. The molecule has 0 spiro atoms. The molecule has 0 saturated carbocycles. The van der Waals surface area contributed by atoms with Gasteiger partial charge < -0.3 is 42.6 Å². The molecule has 2 unspecified atom stereocenters. The number of ether oxygens (including phenoxy) is 9. The first kappa shape index (κ1) is 139. The Labute approximate surface area is 846 Å². The maximum absolute atomic E-state index is 12.2. The van der Waals surface area contributed by atoms with E-state index >= 15 is 0 Å². The molecule has 6 aromatic carbocycles. The van der Waals surface area contributed by atoms with Crippen molar-refractivity contribution in [1.82, 2.24) is 0 Å². The standard InChI is InChI=1S/C21H33NO7.3C16H23NO4.2C15H21NO4.5C2H6/c1-14(28-20(2,3)4)15-12-17(26-8)18(13-16(15)22(24)25)27-11-9-10-19(23)29-21(5,6)7;1-15(2,3)12-8-7-9-13(17(19)20)11(12)10-21-14(18)16(4,5)6;1-15(2,3)12-9-7-8-11(13(12)17(19)20)10-21-14(18)16(4,5)6;1-15(2,3)13(21-14(18)16(4,5)6)11-9-7-8-10-12(11)17(19)20;1-10(2)11-6-7-13(16(18)19)12(8-11)9-20-14(17)15(3,4)5;1-10(2)11-6-7-12(13(8-11)16(18)19)9-20-14(17)15(3,4)5;5*1-2/h12-14H,9-11H2,1-8H3;2*7-9H,10H2,1-6H3;7-10,13H,1-6H3;2*6-8,10H,9H2,1-5H3;5*1-2H3. The fourth-order valence-electron chi connectivity index (χ4n) is 11.6. The Morgan fingerprint density at radius 3 is 1.11 bits per heavy atom. The van der Waals surface area contributed by atoms with Crippen molar-refractivity contribution in [3.63, 3.8) is 0 Å². The predicted octanol–water partition coefficient (Wildman–Crippen LogP) is 30.0. The van der Waals surface area contributed by atoms with Gasteiger partial charge in [-0.1, -0.05) is 208 Å². The van der Waals surface area contributed by atoms with Crippen LogP contribution in [0.3, 0.4) is 0 Å². The highest BCUT2D eigenvalue weighted by atomic mass is 16.7. The number of hydrogen-bond acceptors (Lipinski definition) is 27. The summed E-state index contributed by atoms with van der Waals surface area (Å²) in [5, 5.41) is 67.5. The van der Waals surface area contributed by atoms with E-state index in [1.165, 1.54) is 31.4 Å². The number of rotatable bonds is 26. The lowest BCUT2D eigenvalue weighted by molar-refractivity contribution is -0.387. The molecule has 33 heteroatoms. The van der Waals surface area contributed by atoms with Crippen LogP contribution in [-0.4, -0.2) is 90.3 Å². The van der Waals surface area contributed by atoms with Crippen LogP contribution < -0.4 is 9.47 Å². The van der Waals surface area contributed by atoms with Gasteiger partial charge >= 0.3 is 35.8 Å². The molecule has 6 rings (SSSR count). The van der Waals surface area contributed by atoms with Gasteiger partial charge in [0.2, 0.25) is 0 Å². The summed E-state index contributed by atoms with van der Waals surface area (Å²) >= 11 is 0. The molecule has 142 heavy (non-hydrogen) atoms. The van der Waals surface area contributed by atoms with Gasteiger partial charge in [0.15, 0.2) is 11.5 Å². The van der Waals surface area contributed by atoms with Crippen molar-refractivity contribution < 1.29 is 101 Å². The molecule has 0 aliphatic heterocycles. The van der Waals surface area contributed by atoms with Crippen molar-refractivity contribution in [3.05, 3.63) is 226 Å². The molecule has 0 saturated heterocycles. The molecule has 6 aromatic rings. The highest BCUT2D eigenvalue weighted by Gasteiger charge is 2.39. The minimum absolute atomic E-state index is 0.00194. The molecule has 0 amide bonds. The number of esters is 6. The summed E-state index contributed by atoms with van der Waals surface area (Å²) in [5.74, 6) is -1.11. The fraction of sp³-hybridized carbons (Fsp3) is 0.615. The third-order valence-electron chi connectivity index (χ3n) is 18.8. The van der Waals surface area contributed by atoms with Crippen molar-refractivity contribution in [3.8, 4) is 11.5 Å². The lowest BCUT2D eigenvalue weighted by Crippen LogP contribution is -2.30. The van der Waals surface area contributed by atoms with Crippen LogP contribution in [-0.2, 0) is 99.2 Å². The number of benzene rings is 6. The molecule has 0 aromatic heterocycles. The van der Waals surface area contributed by atoms with E-state index in [9.17, 15) is 89.5 Å². The van der Waals surface area contributed by atoms with E-state index < -0.39 is 85.4 Å². The van der Waals surface area contributed by atoms with Gasteiger partial charge in [0.05, 0.1) is 121 Å². The van der Waals surface area contributed by atoms with E-state index in [0.717, 1.165) is 16.7 Å². The highest BCUT2D eigenvalue weighted by Crippen LogP contribution is 2.44. The SMILES string of the molecule is CC.CC.CC.CC.CC.CC(C)(C)C(=O)OC(c1ccccc1[N+](=O)[O-])C(C)(C)C.CC(C)(C)C(=O)OCc1c([N+](=O)[O-])cccc1C(C)(C)C.CC(C)(C)C(=O)OCc1cccc(C(C)(C)C)c1[N+](=O)[O-].CC(C)c1ccc(COC(=O)C(C)(C)C)c([N+](=O)[O-])c1.CC(C)c1ccc([N+](=O)[O-])c(COC(=O)C(C)(C)C)c1.COc1cc(C(C)OC(C)(C)C)c([N+](=O)[O-])cc1OCCCC(=O)OC(C)(C)C. The van der Waals surface area contributed by atoms with Crippen LogP contribution in [0.1, 0.15) is 404 Å². The molecular formula is C109H174N6O27. The summed E-state index contributed by atoms with van der Waals surface area (Å²) in [7, 11) is 1.47. The Morgan fingerprint density at radius 2 is 0.725 bits per heavy atom. The minimum Gasteiger partial charge on any atom is -0.493 e. The van der Waals surface area contributed by atoms with Gasteiger partial charge in [-0.25, -0.2) is 0 Å². The van der Waals surface area contributed by atoms with Crippen LogP contribution in [0.15, 0.2) is 109 Å². The van der Waals surface area contributed by atoms with E-state index in [-0.39, 0.29) is 138 Å². The Balaban J connectivity index is -0.000000521. The lowest BCUT2D eigenvalue weighted by Gasteiger charge is -2.32. The van der Waals surface area contributed by atoms with E-state index in [1.54, 1.807) is 204 Å². The number of carbonyl (C=O) groups excluding carboxylic acids is 6. The van der Waals surface area contributed by atoms with Crippen molar-refractivity contribution in [2.24, 2.45) is 32.5 Å². The molecule has 0 radical (unpaired) electrons. The van der Waals surface area contributed by atoms with Gasteiger partial charge in [-0.05, 0) is 228 Å². The van der Waals surface area contributed by atoms with Crippen molar-refractivity contribution in [2.75, 3.05) is 13.7 Å². The Kier molecular flexibility index (Phi) is 61.0. The maximum atomic E-state index is 12.2. The van der Waals surface area contributed by atoms with Crippen LogP contribution in [0.2, 0.25) is 0 Å². The summed E-state index contributed by atoms with van der Waals surface area (Å²) in [6.07, 6.45) is -0.579. The van der Waals surface area contributed by atoms with Gasteiger partial charge in [-0.2, -0.15) is 0 Å². The lowest BCUT2D eigenvalue weighted by atomic mass is 9.83. The first-order chi connectivity index (χ1) is 64.8. The largest absolute Gasteiger partial charge is 0.493 e. The molecule has 0 bridgehead atoms. The fourth-order valence-corrected chi connectivity index (χ4v) is 11.6. The van der Waals surface area contributed by atoms with Gasteiger partial charge in [-0.15, -0.1) is 0 Å². The monoisotopic (exact) mass is 2000 g/mol. The van der Waals surface area contributed by atoms with Crippen LogP contribution in [0.4, 0.5) is 34.1 Å². The van der Waals surface area contributed by atoms with E-state index in [4.69, 9.17) is 42.6 Å². The van der Waals surface area contributed by atoms with E-state index in [2.05, 4.69) is 0 Å². The van der Waals surface area contributed by atoms with E-state index in [0.29, 0.717) is 51.1 Å². The minimum atomic E-state index is -0.675. The molecule has 802 valence electrons. The number of hydrogen-bond donors (Lipinski definition) is 0. The molecule has 2 atom stereocenters. The topological polar surface area (TPSA) is 444 Å². The zero-order chi connectivity index (χ0) is 113.